The normalized spacial score (nSPS) is 15.9. The molecule has 0 aliphatic carbocycles. The quantitative estimate of drug-likeness (QED) is 0.743. The lowest BCUT2D eigenvalue weighted by molar-refractivity contribution is -0.760. The summed E-state index contributed by atoms with van der Waals surface area (Å²) in [5, 5.41) is 18.0. The van der Waals surface area contributed by atoms with Crippen molar-refractivity contribution in [2.24, 2.45) is 0 Å². The summed E-state index contributed by atoms with van der Waals surface area (Å²) >= 11 is 5.93. The maximum Gasteiger partial charge on any atom is 0.281 e. The number of hydrogen-bond acceptors (Lipinski definition) is 6. The molecule has 0 N–H and O–H groups in total. The van der Waals surface area contributed by atoms with Crippen LogP contribution in [0.25, 0.3) is 0 Å². The molecule has 124 valence electrons. The second kappa shape index (κ2) is 6.64. The average molecular weight is 338 g/mol. The zero-order valence-electron chi connectivity index (χ0n) is 13.3. The van der Waals surface area contributed by atoms with Crippen LogP contribution in [0.4, 0.5) is 5.69 Å². The van der Waals surface area contributed by atoms with Gasteiger partial charge in [-0.1, -0.05) is 11.6 Å². The monoisotopic (exact) mass is 337 g/mol. The molecule has 0 bridgehead atoms. The van der Waals surface area contributed by atoms with Crippen molar-refractivity contribution < 1.29 is 14.4 Å². The van der Waals surface area contributed by atoms with Crippen molar-refractivity contribution in [2.45, 2.75) is 6.54 Å². The molecule has 1 aliphatic heterocycles. The summed E-state index contributed by atoms with van der Waals surface area (Å²) in [5.74, 6) is -0.376. The third-order valence-electron chi connectivity index (χ3n) is 3.99. The largest absolute Gasteiger partial charge is 0.539 e. The van der Waals surface area contributed by atoms with Gasteiger partial charge in [-0.25, -0.2) is 0 Å². The molecule has 1 aromatic carbocycles. The molecule has 23 heavy (non-hydrogen) atoms. The first kappa shape index (κ1) is 15.9. The van der Waals surface area contributed by atoms with Gasteiger partial charge in [-0.05, 0) is 24.3 Å². The van der Waals surface area contributed by atoms with Crippen LogP contribution < -0.4 is 19.8 Å². The molecule has 2 heterocycles. The highest BCUT2D eigenvalue weighted by atomic mass is 35.5. The minimum absolute atomic E-state index is 0.376. The fraction of sp³-hybridized carbons (Fsp3) is 0.467. The molecule has 1 fully saturated rings. The Bertz CT molecular complexity index is 650. The Hall–Kier alpha value is -1.99. The van der Waals surface area contributed by atoms with E-state index in [-0.39, 0.29) is 5.95 Å². The smallest absolute Gasteiger partial charge is 0.281 e. The zero-order valence-corrected chi connectivity index (χ0v) is 14.0. The Kier molecular flexibility index (Phi) is 4.58. The molecule has 0 unspecified atom stereocenters. The van der Waals surface area contributed by atoms with E-state index < -0.39 is 0 Å². The first-order valence-electron chi connectivity index (χ1n) is 7.53. The van der Waals surface area contributed by atoms with Crippen LogP contribution in [0, 0.1) is 0 Å². The molecule has 0 atom stereocenters. The van der Waals surface area contributed by atoms with E-state index in [0.29, 0.717) is 12.2 Å². The Morgan fingerprint density at radius 3 is 2.48 bits per heavy atom. The average Bonchev–Trinajstić information content (AvgIpc) is 2.90. The van der Waals surface area contributed by atoms with Gasteiger partial charge in [0.15, 0.2) is 5.95 Å². The minimum Gasteiger partial charge on any atom is -0.539 e. The van der Waals surface area contributed by atoms with Crippen molar-refractivity contribution in [3.63, 3.8) is 0 Å². The summed E-state index contributed by atoms with van der Waals surface area (Å²) < 4.78 is 4.77. The van der Waals surface area contributed by atoms with Crippen LogP contribution in [-0.4, -0.2) is 50.4 Å². The van der Waals surface area contributed by atoms with E-state index in [2.05, 4.69) is 15.1 Å². The Morgan fingerprint density at radius 1 is 1.22 bits per heavy atom. The van der Waals surface area contributed by atoms with Gasteiger partial charge in [0.1, 0.15) is 5.27 Å². The van der Waals surface area contributed by atoms with Crippen molar-refractivity contribution in [1.82, 2.24) is 10.2 Å². The van der Waals surface area contributed by atoms with Gasteiger partial charge in [0.25, 0.3) is 5.69 Å². The van der Waals surface area contributed by atoms with Crippen LogP contribution in [0.2, 0.25) is 5.02 Å². The molecular weight excluding hydrogens is 318 g/mol. The van der Waals surface area contributed by atoms with Gasteiger partial charge in [-0.15, -0.1) is 0 Å². The number of aromatic nitrogens is 2. The van der Waals surface area contributed by atoms with Crippen LogP contribution in [0.3, 0.4) is 0 Å². The number of piperazine rings is 1. The van der Waals surface area contributed by atoms with E-state index in [0.717, 1.165) is 31.2 Å². The van der Waals surface area contributed by atoms with Gasteiger partial charge in [-0.2, -0.15) is 5.01 Å². The second-order valence-corrected chi connectivity index (χ2v) is 6.22. The highest BCUT2D eigenvalue weighted by Crippen LogP contribution is 2.20. The third kappa shape index (κ3) is 3.51. The molecule has 7 nitrogen and oxygen atoms in total. The molecule has 0 radical (unpaired) electrons. The van der Waals surface area contributed by atoms with Gasteiger partial charge in [-0.3, -0.25) is 4.90 Å². The fourth-order valence-corrected chi connectivity index (χ4v) is 2.86. The summed E-state index contributed by atoms with van der Waals surface area (Å²) in [7, 11) is 3.65. The van der Waals surface area contributed by atoms with Gasteiger partial charge in [0, 0.05) is 41.7 Å². The standard InChI is InChI=1S/C15H20ClN5O2/c1-18(2)21-14(15(22)23-17-21)11-19-7-9-20(10-8-19)13-5-3-12(16)4-6-13/h3-6H,7-11H2,1-2H3. The Morgan fingerprint density at radius 2 is 1.87 bits per heavy atom. The maximum absolute atomic E-state index is 11.8. The molecule has 1 aromatic heterocycles. The van der Waals surface area contributed by atoms with Gasteiger partial charge in [0.05, 0.1) is 20.6 Å². The predicted octanol–water partition coefficient (Wildman–Crippen LogP) is 0.209. The van der Waals surface area contributed by atoms with Crippen molar-refractivity contribution in [3.8, 4) is 5.95 Å². The van der Waals surface area contributed by atoms with Crippen molar-refractivity contribution >= 4 is 17.3 Å². The van der Waals surface area contributed by atoms with Crippen LogP contribution in [0.1, 0.15) is 5.69 Å². The number of rotatable bonds is 4. The summed E-state index contributed by atoms with van der Waals surface area (Å²) in [5.41, 5.74) is 1.72. The zero-order chi connectivity index (χ0) is 16.4. The number of anilines is 1. The second-order valence-electron chi connectivity index (χ2n) is 5.78. The summed E-state index contributed by atoms with van der Waals surface area (Å²) in [6.07, 6.45) is 0. The van der Waals surface area contributed by atoms with E-state index in [9.17, 15) is 5.11 Å². The lowest BCUT2D eigenvalue weighted by atomic mass is 10.2. The lowest BCUT2D eigenvalue weighted by Gasteiger charge is -2.35. The first-order valence-corrected chi connectivity index (χ1v) is 7.91. The van der Waals surface area contributed by atoms with E-state index in [4.69, 9.17) is 16.1 Å². The van der Waals surface area contributed by atoms with Crippen LogP contribution in [0.5, 0.6) is 5.95 Å². The van der Waals surface area contributed by atoms with Crippen LogP contribution >= 0.6 is 11.6 Å². The molecule has 0 amide bonds. The summed E-state index contributed by atoms with van der Waals surface area (Å²) in [4.78, 5) is 6.06. The van der Waals surface area contributed by atoms with Crippen molar-refractivity contribution in [1.29, 1.82) is 0 Å². The van der Waals surface area contributed by atoms with E-state index in [1.54, 1.807) is 5.01 Å². The van der Waals surface area contributed by atoms with Gasteiger partial charge >= 0.3 is 0 Å². The number of hydrogen-bond donors (Lipinski definition) is 0. The van der Waals surface area contributed by atoms with Gasteiger partial charge in [0.2, 0.25) is 0 Å². The summed E-state index contributed by atoms with van der Waals surface area (Å²) in [6.45, 7) is 4.10. The number of benzene rings is 1. The molecule has 3 rings (SSSR count). The molecular formula is C15H20ClN5O2. The minimum atomic E-state index is -0.376. The molecule has 8 heteroatoms. The molecule has 2 aromatic rings. The Balaban J connectivity index is 1.61. The maximum atomic E-state index is 11.8. The SMILES string of the molecule is CN(C)[n+]1noc([O-])c1CN1CCN(c2ccc(Cl)cc2)CC1. The molecule has 1 aliphatic rings. The molecule has 0 spiro atoms. The van der Waals surface area contributed by atoms with Crippen LogP contribution in [0.15, 0.2) is 28.8 Å². The highest BCUT2D eigenvalue weighted by Gasteiger charge is 2.25. The van der Waals surface area contributed by atoms with E-state index in [1.807, 2.05) is 38.4 Å². The lowest BCUT2D eigenvalue weighted by Crippen LogP contribution is -2.58. The molecule has 0 saturated carbocycles. The predicted molar refractivity (Wildman–Crippen MR) is 85.2 cm³/mol. The van der Waals surface area contributed by atoms with Crippen LogP contribution in [-0.2, 0) is 6.54 Å². The Labute approximate surface area is 140 Å². The van der Waals surface area contributed by atoms with E-state index >= 15 is 0 Å². The van der Waals surface area contributed by atoms with Crippen molar-refractivity contribution in [3.05, 3.63) is 35.0 Å². The van der Waals surface area contributed by atoms with Gasteiger partial charge < -0.3 is 14.5 Å². The van der Waals surface area contributed by atoms with Crippen molar-refractivity contribution in [2.75, 3.05) is 50.2 Å². The topological polar surface area (TPSA) is 62.7 Å². The molecule has 1 saturated heterocycles. The van der Waals surface area contributed by atoms with E-state index in [1.165, 1.54) is 10.5 Å². The third-order valence-corrected chi connectivity index (χ3v) is 4.25. The fourth-order valence-electron chi connectivity index (χ4n) is 2.73. The number of nitrogens with zero attached hydrogens (tertiary/aromatic N) is 5. The highest BCUT2D eigenvalue weighted by molar-refractivity contribution is 6.30. The number of halogens is 1. The first-order chi connectivity index (χ1) is 11.0. The summed E-state index contributed by atoms with van der Waals surface area (Å²) in [6, 6.07) is 7.88.